The van der Waals surface area contributed by atoms with Crippen LogP contribution in [-0.2, 0) is 22.4 Å². The van der Waals surface area contributed by atoms with Crippen molar-refractivity contribution in [2.45, 2.75) is 18.8 Å². The van der Waals surface area contributed by atoms with Gasteiger partial charge in [-0.3, -0.25) is 14.4 Å². The third-order valence-corrected chi connectivity index (χ3v) is 8.21. The van der Waals surface area contributed by atoms with E-state index in [9.17, 15) is 14.4 Å². The molecule has 6 rings (SSSR count). The summed E-state index contributed by atoms with van der Waals surface area (Å²) in [4.78, 5) is 48.1. The summed E-state index contributed by atoms with van der Waals surface area (Å²) >= 11 is 0. The van der Waals surface area contributed by atoms with Crippen LogP contribution in [0.5, 0.6) is 0 Å². The number of aromatic nitrogens is 2. The molecule has 2 heterocycles. The van der Waals surface area contributed by atoms with Gasteiger partial charge in [-0.25, -0.2) is 0 Å². The topological polar surface area (TPSA) is 150 Å². The number of rotatable bonds is 11. The number of nitrogen functional groups attached to an aromatic ring is 1. The number of anilines is 2. The lowest BCUT2D eigenvalue weighted by molar-refractivity contribution is -0.137. The van der Waals surface area contributed by atoms with E-state index < -0.39 is 11.8 Å². The van der Waals surface area contributed by atoms with Gasteiger partial charge in [-0.2, -0.15) is 0 Å². The zero-order valence-electron chi connectivity index (χ0n) is 24.6. The molecular weight excluding hydrogens is 564 g/mol. The van der Waals surface area contributed by atoms with Gasteiger partial charge in [0.2, 0.25) is 11.8 Å². The van der Waals surface area contributed by atoms with Crippen molar-refractivity contribution in [1.29, 1.82) is 0 Å². The molecule has 0 spiro atoms. The second kappa shape index (κ2) is 12.8. The summed E-state index contributed by atoms with van der Waals surface area (Å²) < 4.78 is 0. The Morgan fingerprint density at radius 1 is 0.711 bits per heavy atom. The Labute approximate surface area is 260 Å². The fraction of sp³-hybridized carbons (Fsp3) is 0.139. The van der Waals surface area contributed by atoms with E-state index in [0.717, 1.165) is 32.9 Å². The van der Waals surface area contributed by atoms with Gasteiger partial charge in [0, 0.05) is 52.9 Å². The second-order valence-electron chi connectivity index (χ2n) is 11.0. The third-order valence-electron chi connectivity index (χ3n) is 8.21. The van der Waals surface area contributed by atoms with Crippen molar-refractivity contribution in [2.24, 2.45) is 5.73 Å². The average Bonchev–Trinajstić information content (AvgIpc) is 3.66. The SMILES string of the molecule is NC(=O)C(C(=O)N(CCc1c[nH]c2ccccc12)CCc1c[nH]c2ccccc12)c1ccc(C(=O)Nc2ccccc2N)cc1. The summed E-state index contributed by atoms with van der Waals surface area (Å²) in [6.07, 6.45) is 5.12. The molecule has 4 aromatic carbocycles. The highest BCUT2D eigenvalue weighted by molar-refractivity contribution is 6.07. The minimum Gasteiger partial charge on any atom is -0.397 e. The van der Waals surface area contributed by atoms with E-state index in [1.165, 1.54) is 0 Å². The number of para-hydroxylation sites is 4. The molecule has 0 aliphatic rings. The molecule has 6 aromatic rings. The highest BCUT2D eigenvalue weighted by Crippen LogP contribution is 2.24. The van der Waals surface area contributed by atoms with Crippen LogP contribution in [0, 0.1) is 0 Å². The Kier molecular flexibility index (Phi) is 8.32. The Morgan fingerprint density at radius 3 is 1.80 bits per heavy atom. The summed E-state index contributed by atoms with van der Waals surface area (Å²) in [6, 6.07) is 29.4. The van der Waals surface area contributed by atoms with Crippen LogP contribution in [0.25, 0.3) is 21.8 Å². The normalized spacial score (nSPS) is 11.8. The third kappa shape index (κ3) is 6.28. The monoisotopic (exact) mass is 598 g/mol. The summed E-state index contributed by atoms with van der Waals surface area (Å²) in [5.74, 6) is -2.70. The maximum atomic E-state index is 14.1. The number of nitrogens with two attached hydrogens (primary N) is 2. The van der Waals surface area contributed by atoms with Gasteiger partial charge >= 0.3 is 0 Å². The largest absolute Gasteiger partial charge is 0.397 e. The van der Waals surface area contributed by atoms with Gasteiger partial charge in [-0.05, 0) is 65.9 Å². The van der Waals surface area contributed by atoms with Crippen molar-refractivity contribution in [3.63, 3.8) is 0 Å². The minimum atomic E-state index is -1.21. The number of amides is 3. The lowest BCUT2D eigenvalue weighted by Crippen LogP contribution is -2.42. The van der Waals surface area contributed by atoms with Crippen LogP contribution < -0.4 is 16.8 Å². The number of aromatic amines is 2. The predicted molar refractivity (Wildman–Crippen MR) is 178 cm³/mol. The molecule has 1 atom stereocenters. The van der Waals surface area contributed by atoms with Gasteiger partial charge in [-0.1, -0.05) is 60.7 Å². The van der Waals surface area contributed by atoms with Crippen LogP contribution in [0.2, 0.25) is 0 Å². The van der Waals surface area contributed by atoms with E-state index >= 15 is 0 Å². The van der Waals surface area contributed by atoms with Gasteiger partial charge in [0.15, 0.2) is 0 Å². The van der Waals surface area contributed by atoms with Crippen molar-refractivity contribution in [1.82, 2.24) is 14.9 Å². The van der Waals surface area contributed by atoms with E-state index in [0.29, 0.717) is 48.4 Å². The Bertz CT molecular complexity index is 1910. The number of H-pyrrole nitrogens is 2. The number of fused-ring (bicyclic) bond motifs is 2. The molecule has 7 N–H and O–H groups in total. The zero-order chi connectivity index (χ0) is 31.3. The molecule has 0 bridgehead atoms. The first-order valence-corrected chi connectivity index (χ1v) is 14.8. The molecule has 0 aliphatic heterocycles. The smallest absolute Gasteiger partial charge is 0.255 e. The van der Waals surface area contributed by atoms with E-state index in [2.05, 4.69) is 27.4 Å². The predicted octanol–water partition coefficient (Wildman–Crippen LogP) is 5.37. The van der Waals surface area contributed by atoms with Crippen molar-refractivity contribution in [2.75, 3.05) is 24.1 Å². The average molecular weight is 599 g/mol. The number of hydrogen-bond acceptors (Lipinski definition) is 4. The Balaban J connectivity index is 1.24. The zero-order valence-corrected chi connectivity index (χ0v) is 24.6. The quantitative estimate of drug-likeness (QED) is 0.101. The van der Waals surface area contributed by atoms with Crippen molar-refractivity contribution >= 4 is 50.9 Å². The lowest BCUT2D eigenvalue weighted by atomic mass is 9.95. The summed E-state index contributed by atoms with van der Waals surface area (Å²) in [6.45, 7) is 0.789. The van der Waals surface area contributed by atoms with Crippen LogP contribution in [0.3, 0.4) is 0 Å². The number of nitrogens with one attached hydrogen (secondary N) is 3. The van der Waals surface area contributed by atoms with Gasteiger partial charge in [0.05, 0.1) is 11.4 Å². The Hall–Kier alpha value is -5.83. The number of carbonyl (C=O) groups is 3. The fourth-order valence-corrected chi connectivity index (χ4v) is 5.76. The molecule has 3 amide bonds. The summed E-state index contributed by atoms with van der Waals surface area (Å²) in [5, 5.41) is 4.98. The molecule has 45 heavy (non-hydrogen) atoms. The van der Waals surface area contributed by atoms with E-state index in [4.69, 9.17) is 11.5 Å². The molecular formula is C36H34N6O3. The standard InChI is InChI=1S/C36H34N6O3/c37-29-9-3-6-12-32(29)41-35(44)24-15-13-23(14-16-24)33(34(38)43)36(45)42(19-17-25-21-39-30-10-4-1-7-27(25)30)20-18-26-22-40-31-11-5-2-8-28(26)31/h1-16,21-22,33,39-40H,17-20,37H2,(H2,38,43)(H,41,44). The summed E-state index contributed by atoms with van der Waals surface area (Å²) in [5.41, 5.74) is 17.8. The van der Waals surface area contributed by atoms with Crippen LogP contribution in [0.1, 0.15) is 33.0 Å². The highest BCUT2D eigenvalue weighted by Gasteiger charge is 2.31. The lowest BCUT2D eigenvalue weighted by Gasteiger charge is -2.26. The van der Waals surface area contributed by atoms with E-state index in [1.807, 2.05) is 48.8 Å². The maximum absolute atomic E-state index is 14.1. The van der Waals surface area contributed by atoms with Crippen LogP contribution >= 0.6 is 0 Å². The number of nitrogens with zero attached hydrogens (tertiary/aromatic N) is 1. The molecule has 226 valence electrons. The first-order valence-electron chi connectivity index (χ1n) is 14.8. The Morgan fingerprint density at radius 2 is 1.24 bits per heavy atom. The molecule has 9 heteroatoms. The highest BCUT2D eigenvalue weighted by atomic mass is 16.2. The molecule has 0 saturated heterocycles. The first-order chi connectivity index (χ1) is 21.9. The molecule has 0 aliphatic carbocycles. The minimum absolute atomic E-state index is 0.355. The number of hydrogen-bond donors (Lipinski definition) is 5. The van der Waals surface area contributed by atoms with Crippen molar-refractivity contribution < 1.29 is 14.4 Å². The maximum Gasteiger partial charge on any atom is 0.255 e. The van der Waals surface area contributed by atoms with Gasteiger partial charge in [0.25, 0.3) is 5.91 Å². The molecule has 0 radical (unpaired) electrons. The summed E-state index contributed by atoms with van der Waals surface area (Å²) in [7, 11) is 0. The number of primary amides is 1. The molecule has 0 saturated carbocycles. The molecule has 0 fully saturated rings. The van der Waals surface area contributed by atoms with Gasteiger partial charge in [0.1, 0.15) is 5.92 Å². The first kappa shape index (κ1) is 29.3. The number of benzene rings is 4. The van der Waals surface area contributed by atoms with Crippen molar-refractivity contribution in [3.05, 3.63) is 132 Å². The van der Waals surface area contributed by atoms with Gasteiger partial charge < -0.3 is 31.7 Å². The second-order valence-corrected chi connectivity index (χ2v) is 11.0. The van der Waals surface area contributed by atoms with Crippen LogP contribution in [0.15, 0.2) is 109 Å². The van der Waals surface area contributed by atoms with Gasteiger partial charge in [-0.15, -0.1) is 0 Å². The van der Waals surface area contributed by atoms with E-state index in [-0.39, 0.29) is 11.8 Å². The molecule has 9 nitrogen and oxygen atoms in total. The number of carbonyl (C=O) groups excluding carboxylic acids is 3. The van der Waals surface area contributed by atoms with Crippen LogP contribution in [0.4, 0.5) is 11.4 Å². The molecule has 2 aromatic heterocycles. The molecule has 1 unspecified atom stereocenters. The van der Waals surface area contributed by atoms with E-state index in [1.54, 1.807) is 53.4 Å². The fourth-order valence-electron chi connectivity index (χ4n) is 5.76. The van der Waals surface area contributed by atoms with Crippen molar-refractivity contribution in [3.8, 4) is 0 Å². The van der Waals surface area contributed by atoms with Crippen LogP contribution in [-0.4, -0.2) is 45.7 Å².